The van der Waals surface area contributed by atoms with Crippen LogP contribution in [0.2, 0.25) is 10.0 Å². The third-order valence-electron chi connectivity index (χ3n) is 7.02. The molecule has 0 saturated carbocycles. The molecular formula is C34H31Cl2IN2O6S. The number of carbonyl (C=O) groups excluding carboxylic acids is 1. The van der Waals surface area contributed by atoms with Crippen LogP contribution >= 0.6 is 57.1 Å². The Morgan fingerprint density at radius 3 is 2.39 bits per heavy atom. The molecule has 0 spiro atoms. The molecule has 0 unspecified atom stereocenters. The van der Waals surface area contributed by atoms with Gasteiger partial charge in [-0.05, 0) is 109 Å². The summed E-state index contributed by atoms with van der Waals surface area (Å²) in [6.45, 7) is 8.72. The first-order valence-corrected chi connectivity index (χ1v) is 17.3. The monoisotopic (exact) mass is 792 g/mol. The van der Waals surface area contributed by atoms with E-state index < -0.39 is 12.0 Å². The number of hydrogen-bond acceptors (Lipinski definition) is 8. The van der Waals surface area contributed by atoms with Crippen LogP contribution in [0.1, 0.15) is 50.4 Å². The van der Waals surface area contributed by atoms with Crippen LogP contribution in [0.5, 0.6) is 17.2 Å². The lowest BCUT2D eigenvalue weighted by Gasteiger charge is -2.24. The summed E-state index contributed by atoms with van der Waals surface area (Å²) in [6, 6.07) is 15.8. The van der Waals surface area contributed by atoms with Crippen molar-refractivity contribution in [3.63, 3.8) is 0 Å². The Hall–Kier alpha value is -3.32. The summed E-state index contributed by atoms with van der Waals surface area (Å²) in [5.74, 6) is 1.31. The quantitative estimate of drug-likeness (QED) is 0.119. The van der Waals surface area contributed by atoms with Crippen LogP contribution in [0.3, 0.4) is 0 Å². The smallest absolute Gasteiger partial charge is 0.338 e. The van der Waals surface area contributed by atoms with E-state index in [1.807, 2.05) is 56.3 Å². The Morgan fingerprint density at radius 1 is 0.978 bits per heavy atom. The summed E-state index contributed by atoms with van der Waals surface area (Å²) in [6.07, 6.45) is 1.80. The second kappa shape index (κ2) is 15.1. The van der Waals surface area contributed by atoms with Gasteiger partial charge in [-0.1, -0.05) is 52.7 Å². The van der Waals surface area contributed by atoms with Crippen molar-refractivity contribution in [3.05, 3.63) is 116 Å². The average molecular weight is 794 g/mol. The molecule has 0 amide bonds. The lowest BCUT2D eigenvalue weighted by atomic mass is 9.96. The molecule has 0 saturated heterocycles. The third-order valence-corrected chi connectivity index (χ3v) is 9.54. The van der Waals surface area contributed by atoms with Gasteiger partial charge in [-0.25, -0.2) is 9.79 Å². The van der Waals surface area contributed by atoms with E-state index in [0.717, 1.165) is 20.3 Å². The Morgan fingerprint density at radius 2 is 1.72 bits per heavy atom. The average Bonchev–Trinajstić information content (AvgIpc) is 3.32. The van der Waals surface area contributed by atoms with Gasteiger partial charge >= 0.3 is 5.97 Å². The summed E-state index contributed by atoms with van der Waals surface area (Å²) in [5, 5.41) is 0.927. The zero-order valence-corrected chi connectivity index (χ0v) is 30.1. The minimum absolute atomic E-state index is 0.198. The molecular weight excluding hydrogens is 762 g/mol. The summed E-state index contributed by atoms with van der Waals surface area (Å²) in [4.78, 5) is 32.4. The van der Waals surface area contributed by atoms with Crippen LogP contribution in [0.15, 0.2) is 75.7 Å². The molecule has 0 bridgehead atoms. The van der Waals surface area contributed by atoms with Crippen LogP contribution < -0.4 is 29.1 Å². The highest BCUT2D eigenvalue weighted by atomic mass is 127. The van der Waals surface area contributed by atoms with Crippen LogP contribution in [0, 0.1) is 3.57 Å². The Labute approximate surface area is 294 Å². The predicted octanol–water partition coefficient (Wildman–Crippen LogP) is 7.09. The topological polar surface area (TPSA) is 88.4 Å². The molecule has 3 aromatic carbocycles. The maximum Gasteiger partial charge on any atom is 0.338 e. The van der Waals surface area contributed by atoms with Gasteiger partial charge in [0, 0.05) is 0 Å². The highest BCUT2D eigenvalue weighted by Crippen LogP contribution is 2.36. The largest absolute Gasteiger partial charge is 0.494 e. The van der Waals surface area contributed by atoms with Gasteiger partial charge in [0.1, 0.15) is 12.4 Å². The number of fused-ring (bicyclic) bond motifs is 1. The van der Waals surface area contributed by atoms with Gasteiger partial charge in [0.15, 0.2) is 16.3 Å². The fraction of sp³-hybridized carbons (Fsp3) is 0.265. The molecule has 1 aromatic heterocycles. The highest BCUT2D eigenvalue weighted by molar-refractivity contribution is 14.1. The molecule has 5 rings (SSSR count). The second-order valence-electron chi connectivity index (χ2n) is 10.1. The van der Waals surface area contributed by atoms with Gasteiger partial charge < -0.3 is 18.9 Å². The van der Waals surface area contributed by atoms with E-state index in [1.54, 1.807) is 36.6 Å². The fourth-order valence-electron chi connectivity index (χ4n) is 5.03. The zero-order valence-electron chi connectivity index (χ0n) is 25.6. The number of thiazole rings is 1. The van der Waals surface area contributed by atoms with E-state index in [0.29, 0.717) is 61.1 Å². The van der Waals surface area contributed by atoms with Crippen molar-refractivity contribution in [2.45, 2.75) is 40.3 Å². The van der Waals surface area contributed by atoms with Gasteiger partial charge in [-0.15, -0.1) is 0 Å². The number of aromatic nitrogens is 1. The van der Waals surface area contributed by atoms with E-state index in [1.165, 1.54) is 11.3 Å². The van der Waals surface area contributed by atoms with E-state index in [2.05, 4.69) is 27.6 Å². The molecule has 46 heavy (non-hydrogen) atoms. The minimum atomic E-state index is -0.718. The lowest BCUT2D eigenvalue weighted by Crippen LogP contribution is -2.39. The zero-order chi connectivity index (χ0) is 33.0. The Kier molecular flexibility index (Phi) is 11.1. The fourth-order valence-corrected chi connectivity index (χ4v) is 7.18. The van der Waals surface area contributed by atoms with E-state index in [9.17, 15) is 9.59 Å². The number of rotatable bonds is 11. The molecule has 4 aromatic rings. The minimum Gasteiger partial charge on any atom is -0.494 e. The number of carbonyl (C=O) groups is 1. The molecule has 8 nitrogen and oxygen atoms in total. The first-order chi connectivity index (χ1) is 22.1. The standard InChI is InChI=1S/C34H31Cl2IN2O6S/c1-5-42-23-11-9-22(10-12-23)30-29(33(41)44-7-3)19(4)38-34-39(30)32(40)28(46-34)17-21-15-26(37)31(27(16-21)43-6-2)45-18-20-8-13-24(35)25(36)14-20/h8-17,30H,5-7,18H2,1-4H3/b28-17+/t30-/m1/s1. The molecule has 12 heteroatoms. The normalized spacial score (nSPS) is 14.5. The Balaban J connectivity index is 1.57. The number of esters is 1. The maximum atomic E-state index is 14.1. The van der Waals surface area contributed by atoms with Gasteiger partial charge in [0.25, 0.3) is 5.56 Å². The Bertz CT molecular complexity index is 1990. The molecule has 2 heterocycles. The van der Waals surface area contributed by atoms with Gasteiger partial charge in [0.2, 0.25) is 0 Å². The van der Waals surface area contributed by atoms with Crippen molar-refractivity contribution < 1.29 is 23.7 Å². The van der Waals surface area contributed by atoms with Crippen molar-refractivity contribution in [3.8, 4) is 17.2 Å². The predicted molar refractivity (Wildman–Crippen MR) is 189 cm³/mol. The van der Waals surface area contributed by atoms with Crippen LogP contribution in [0.4, 0.5) is 0 Å². The molecule has 0 radical (unpaired) electrons. The van der Waals surface area contributed by atoms with Crippen molar-refractivity contribution in [1.82, 2.24) is 4.57 Å². The number of hydrogen-bond donors (Lipinski definition) is 0. The van der Waals surface area contributed by atoms with Crippen molar-refractivity contribution in [2.75, 3.05) is 19.8 Å². The van der Waals surface area contributed by atoms with E-state index >= 15 is 0 Å². The van der Waals surface area contributed by atoms with E-state index in [4.69, 9.17) is 42.1 Å². The van der Waals surface area contributed by atoms with Gasteiger partial charge in [-0.2, -0.15) is 0 Å². The second-order valence-corrected chi connectivity index (χ2v) is 13.1. The third kappa shape index (κ3) is 7.30. The molecule has 0 aliphatic carbocycles. The lowest BCUT2D eigenvalue weighted by molar-refractivity contribution is -0.139. The van der Waals surface area contributed by atoms with Crippen molar-refractivity contribution in [1.29, 1.82) is 0 Å². The van der Waals surface area contributed by atoms with Gasteiger partial charge in [0.05, 0.1) is 55.3 Å². The number of halogens is 3. The number of ether oxygens (including phenoxy) is 4. The molecule has 1 aliphatic heterocycles. The van der Waals surface area contributed by atoms with E-state index in [-0.39, 0.29) is 18.8 Å². The van der Waals surface area contributed by atoms with Crippen molar-refractivity contribution in [2.24, 2.45) is 4.99 Å². The highest BCUT2D eigenvalue weighted by Gasteiger charge is 2.33. The SMILES string of the molecule is CCOC(=O)C1=C(C)N=c2s/c(=C/c3cc(I)c(OCc4ccc(Cl)c(Cl)c4)c(OCC)c3)c(=O)n2[C@@H]1c1ccc(OCC)cc1. The molecule has 240 valence electrons. The van der Waals surface area contributed by atoms with Crippen LogP contribution in [-0.2, 0) is 16.1 Å². The van der Waals surface area contributed by atoms with Crippen LogP contribution in [0.25, 0.3) is 6.08 Å². The first-order valence-electron chi connectivity index (χ1n) is 14.6. The number of allylic oxidation sites excluding steroid dienone is 1. The molecule has 1 atom stereocenters. The van der Waals surface area contributed by atoms with Gasteiger partial charge in [-0.3, -0.25) is 9.36 Å². The molecule has 0 fully saturated rings. The summed E-state index contributed by atoms with van der Waals surface area (Å²) in [7, 11) is 0. The van der Waals surface area contributed by atoms with Crippen LogP contribution in [-0.4, -0.2) is 30.4 Å². The van der Waals surface area contributed by atoms with Crippen molar-refractivity contribution >= 4 is 69.2 Å². The summed E-state index contributed by atoms with van der Waals surface area (Å²) in [5.41, 5.74) is 2.90. The first kappa shape index (κ1) is 34.0. The number of benzene rings is 3. The maximum absolute atomic E-state index is 14.1. The summed E-state index contributed by atoms with van der Waals surface area (Å²) < 4.78 is 26.0. The molecule has 1 aliphatic rings. The summed E-state index contributed by atoms with van der Waals surface area (Å²) >= 11 is 15.7. The molecule has 0 N–H and O–H groups in total. The number of nitrogens with zero attached hydrogens (tertiary/aromatic N) is 2.